The summed E-state index contributed by atoms with van der Waals surface area (Å²) in [6, 6.07) is 1.65. The highest BCUT2D eigenvalue weighted by Crippen LogP contribution is 2.29. The van der Waals surface area contributed by atoms with Crippen molar-refractivity contribution >= 4 is 33.6 Å². The van der Waals surface area contributed by atoms with E-state index in [-0.39, 0.29) is 30.0 Å². The third kappa shape index (κ3) is 5.90. The Hall–Kier alpha value is -0.630. The van der Waals surface area contributed by atoms with Crippen LogP contribution in [0.25, 0.3) is 0 Å². The molecule has 0 saturated heterocycles. The van der Waals surface area contributed by atoms with E-state index in [0.717, 1.165) is 10.9 Å². The van der Waals surface area contributed by atoms with Gasteiger partial charge in [-0.05, 0) is 40.2 Å². The maximum Gasteiger partial charge on any atom is 0.441 e. The first-order valence-electron chi connectivity index (χ1n) is 5.68. The Kier molecular flexibility index (Phi) is 6.25. The molecule has 19 heavy (non-hydrogen) atoms. The molecule has 1 aromatic rings. The summed E-state index contributed by atoms with van der Waals surface area (Å²) in [6.45, 7) is 2.65. The molecule has 0 spiro atoms. The normalized spacial score (nSPS) is 11.6. The summed E-state index contributed by atoms with van der Waals surface area (Å²) in [5.41, 5.74) is -3.80. The number of hydrogen-bond donors (Lipinski definition) is 1. The summed E-state index contributed by atoms with van der Waals surface area (Å²) in [5.74, 6) is -0.549. The summed E-state index contributed by atoms with van der Waals surface area (Å²) in [4.78, 5) is 11.8. The second kappa shape index (κ2) is 7.23. The van der Waals surface area contributed by atoms with E-state index in [1.54, 1.807) is 16.8 Å². The van der Waals surface area contributed by atoms with Crippen LogP contribution in [-0.2, 0) is 6.54 Å². The van der Waals surface area contributed by atoms with Crippen LogP contribution in [0.15, 0.2) is 16.7 Å². The van der Waals surface area contributed by atoms with Gasteiger partial charge in [0.1, 0.15) is 5.69 Å². The number of aryl methyl sites for hydroxylation is 1. The van der Waals surface area contributed by atoms with Gasteiger partial charge in [-0.25, -0.2) is 0 Å². The largest absolute Gasteiger partial charge is 0.441 e. The van der Waals surface area contributed by atoms with Crippen molar-refractivity contribution in [1.82, 2.24) is 9.88 Å². The number of thioether (sulfide) groups is 1. The molecule has 0 bridgehead atoms. The molecular weight excluding hydrogens is 345 g/mol. The Morgan fingerprint density at radius 2 is 2.21 bits per heavy atom. The van der Waals surface area contributed by atoms with Crippen molar-refractivity contribution in [1.29, 1.82) is 0 Å². The summed E-state index contributed by atoms with van der Waals surface area (Å²) in [5, 5.41) is 2.48. The number of nitrogens with one attached hydrogen (secondary N) is 1. The van der Waals surface area contributed by atoms with Gasteiger partial charge in [0.15, 0.2) is 0 Å². The second-order valence-electron chi connectivity index (χ2n) is 3.79. The lowest BCUT2D eigenvalue weighted by molar-refractivity contribution is -0.0327. The van der Waals surface area contributed by atoms with Crippen molar-refractivity contribution in [2.24, 2.45) is 0 Å². The van der Waals surface area contributed by atoms with Gasteiger partial charge in [-0.1, -0.05) is 6.92 Å². The minimum absolute atomic E-state index is 0.0159. The van der Waals surface area contributed by atoms with Gasteiger partial charge in [0.25, 0.3) is 5.91 Å². The second-order valence-corrected chi connectivity index (χ2v) is 5.86. The van der Waals surface area contributed by atoms with E-state index in [9.17, 15) is 18.0 Å². The van der Waals surface area contributed by atoms with Crippen LogP contribution in [0.4, 0.5) is 13.2 Å². The molecule has 0 fully saturated rings. The topological polar surface area (TPSA) is 34.0 Å². The van der Waals surface area contributed by atoms with Crippen molar-refractivity contribution in [3.05, 3.63) is 22.4 Å². The van der Waals surface area contributed by atoms with E-state index in [0.29, 0.717) is 12.2 Å². The zero-order valence-corrected chi connectivity index (χ0v) is 12.7. The van der Waals surface area contributed by atoms with E-state index in [2.05, 4.69) is 21.2 Å². The molecule has 1 N–H and O–H groups in total. The zero-order valence-electron chi connectivity index (χ0n) is 10.3. The molecule has 1 heterocycles. The van der Waals surface area contributed by atoms with Crippen molar-refractivity contribution in [3.8, 4) is 0 Å². The minimum atomic E-state index is -4.25. The smallest absolute Gasteiger partial charge is 0.350 e. The Morgan fingerprint density at radius 3 is 2.79 bits per heavy atom. The van der Waals surface area contributed by atoms with E-state index in [1.807, 2.05) is 6.92 Å². The van der Waals surface area contributed by atoms with Gasteiger partial charge in [-0.3, -0.25) is 4.79 Å². The van der Waals surface area contributed by atoms with Gasteiger partial charge < -0.3 is 9.88 Å². The predicted octanol–water partition coefficient (Wildman–Crippen LogP) is 3.64. The monoisotopic (exact) mass is 358 g/mol. The van der Waals surface area contributed by atoms with Crippen LogP contribution in [0.2, 0.25) is 0 Å². The van der Waals surface area contributed by atoms with Crippen molar-refractivity contribution in [2.45, 2.75) is 25.4 Å². The molecule has 1 aromatic heterocycles. The standard InChI is InChI=1S/C11H14BrF3N2OS/c1-2-4-17-7-8(12)6-9(17)10(18)16-3-5-19-11(13,14)15/h6-7H,2-5H2,1H3,(H,16,18). The average molecular weight is 359 g/mol. The van der Waals surface area contributed by atoms with E-state index >= 15 is 0 Å². The minimum Gasteiger partial charge on any atom is -0.350 e. The van der Waals surface area contributed by atoms with E-state index < -0.39 is 5.51 Å². The first kappa shape index (κ1) is 16.4. The average Bonchev–Trinajstić information content (AvgIpc) is 2.65. The zero-order chi connectivity index (χ0) is 14.5. The highest BCUT2D eigenvalue weighted by molar-refractivity contribution is 9.10. The molecule has 0 unspecified atom stereocenters. The quantitative estimate of drug-likeness (QED) is 0.787. The summed E-state index contributed by atoms with van der Waals surface area (Å²) < 4.78 is 38.3. The molecular formula is C11H14BrF3N2OS. The fourth-order valence-corrected chi connectivity index (χ4v) is 2.41. The fourth-order valence-electron chi connectivity index (χ4n) is 1.51. The number of carbonyl (C=O) groups excluding carboxylic acids is 1. The fraction of sp³-hybridized carbons (Fsp3) is 0.545. The summed E-state index contributed by atoms with van der Waals surface area (Å²) in [6.07, 6.45) is 2.65. The number of rotatable bonds is 6. The van der Waals surface area contributed by atoms with E-state index in [1.165, 1.54) is 0 Å². The molecule has 0 saturated carbocycles. The van der Waals surface area contributed by atoms with Gasteiger partial charge in [0, 0.05) is 29.5 Å². The molecule has 0 aliphatic heterocycles. The number of carbonyl (C=O) groups is 1. The number of alkyl halides is 3. The highest BCUT2D eigenvalue weighted by atomic mass is 79.9. The third-order valence-electron chi connectivity index (χ3n) is 2.21. The van der Waals surface area contributed by atoms with Crippen molar-refractivity contribution < 1.29 is 18.0 Å². The van der Waals surface area contributed by atoms with Gasteiger partial charge in [0.05, 0.1) is 0 Å². The highest BCUT2D eigenvalue weighted by Gasteiger charge is 2.27. The van der Waals surface area contributed by atoms with Crippen LogP contribution in [-0.4, -0.2) is 28.3 Å². The Bertz CT molecular complexity index is 434. The molecule has 1 rings (SSSR count). The van der Waals surface area contributed by atoms with E-state index in [4.69, 9.17) is 0 Å². The molecule has 1 amide bonds. The van der Waals surface area contributed by atoms with Crippen LogP contribution in [0.3, 0.4) is 0 Å². The SMILES string of the molecule is CCCn1cc(Br)cc1C(=O)NCCSC(F)(F)F. The first-order chi connectivity index (χ1) is 8.83. The van der Waals surface area contributed by atoms with Crippen molar-refractivity contribution in [2.75, 3.05) is 12.3 Å². The molecule has 8 heteroatoms. The van der Waals surface area contributed by atoms with Gasteiger partial charge in [0.2, 0.25) is 0 Å². The summed E-state index contributed by atoms with van der Waals surface area (Å²) >= 11 is 3.14. The Balaban J connectivity index is 2.49. The number of aromatic nitrogens is 1. The summed E-state index contributed by atoms with van der Waals surface area (Å²) in [7, 11) is 0. The van der Waals surface area contributed by atoms with Crippen LogP contribution >= 0.6 is 27.7 Å². The van der Waals surface area contributed by atoms with Crippen molar-refractivity contribution in [3.63, 3.8) is 0 Å². The maximum absolute atomic E-state index is 11.9. The molecule has 3 nitrogen and oxygen atoms in total. The number of amides is 1. The van der Waals surface area contributed by atoms with Gasteiger partial charge in [-0.2, -0.15) is 13.2 Å². The van der Waals surface area contributed by atoms with Crippen LogP contribution < -0.4 is 5.32 Å². The predicted molar refractivity (Wildman–Crippen MR) is 73.3 cm³/mol. The molecule has 0 aromatic carbocycles. The lowest BCUT2D eigenvalue weighted by Crippen LogP contribution is -2.28. The van der Waals surface area contributed by atoms with Crippen LogP contribution in [0.1, 0.15) is 23.8 Å². The Labute approximate surface area is 122 Å². The lowest BCUT2D eigenvalue weighted by atomic mass is 10.4. The Morgan fingerprint density at radius 1 is 1.53 bits per heavy atom. The molecule has 0 atom stereocenters. The number of halogens is 4. The van der Waals surface area contributed by atoms with Gasteiger partial charge >= 0.3 is 5.51 Å². The number of hydrogen-bond acceptors (Lipinski definition) is 2. The maximum atomic E-state index is 11.9. The number of nitrogens with zero attached hydrogens (tertiary/aromatic N) is 1. The lowest BCUT2D eigenvalue weighted by Gasteiger charge is -2.09. The first-order valence-corrected chi connectivity index (χ1v) is 7.46. The molecule has 0 aliphatic carbocycles. The molecule has 0 aliphatic rings. The molecule has 0 radical (unpaired) electrons. The van der Waals surface area contributed by atoms with Gasteiger partial charge in [-0.15, -0.1) is 0 Å². The third-order valence-corrected chi connectivity index (χ3v) is 3.38. The molecule has 108 valence electrons. The van der Waals surface area contributed by atoms with Crippen LogP contribution in [0, 0.1) is 0 Å². The van der Waals surface area contributed by atoms with Crippen LogP contribution in [0.5, 0.6) is 0 Å².